The van der Waals surface area contributed by atoms with Crippen molar-refractivity contribution in [3.8, 4) is 17.2 Å². The van der Waals surface area contributed by atoms with Gasteiger partial charge >= 0.3 is 5.97 Å². The number of ether oxygens (including phenoxy) is 2. The molecule has 0 fully saturated rings. The molecule has 2 aromatic carbocycles. The van der Waals surface area contributed by atoms with Gasteiger partial charge in [-0.2, -0.15) is 0 Å². The van der Waals surface area contributed by atoms with Crippen LogP contribution in [0.4, 0.5) is 0 Å². The van der Waals surface area contributed by atoms with Crippen molar-refractivity contribution < 1.29 is 29.3 Å². The molecule has 0 unspecified atom stereocenters. The number of ketones is 1. The number of carbonyl (C=O) groups is 2. The average molecular weight is 551 g/mol. The van der Waals surface area contributed by atoms with Crippen LogP contribution in [0.25, 0.3) is 0 Å². The minimum Gasteiger partial charge on any atom is -0.507 e. The van der Waals surface area contributed by atoms with Gasteiger partial charge < -0.3 is 19.7 Å². The summed E-state index contributed by atoms with van der Waals surface area (Å²) in [7, 11) is 1.46. The summed E-state index contributed by atoms with van der Waals surface area (Å²) < 4.78 is 11.2. The standard InChI is InChI=1S/C34H46O6/c1-4-5-6-7-8-9-10-11-12-13-14-15-16-17-18-19-30(37)40-34-26-20-24(2)21-28(35)31(26)33(38)32-27(34)22-25(39-3)23-29(32)36/h11-12,20-23,34-36H,4-10,13-19H2,1-3H3/b12-11+/t34-/m0/s1. The van der Waals surface area contributed by atoms with Crippen LogP contribution >= 0.6 is 0 Å². The zero-order valence-corrected chi connectivity index (χ0v) is 24.5. The maximum atomic E-state index is 13.2. The predicted octanol–water partition coefficient (Wildman–Crippen LogP) is 8.63. The van der Waals surface area contributed by atoms with E-state index in [9.17, 15) is 19.8 Å². The van der Waals surface area contributed by atoms with Gasteiger partial charge in [0.1, 0.15) is 17.2 Å². The van der Waals surface area contributed by atoms with Crippen LogP contribution in [0.5, 0.6) is 17.2 Å². The van der Waals surface area contributed by atoms with Crippen molar-refractivity contribution in [1.29, 1.82) is 0 Å². The number of benzene rings is 2. The Balaban J connectivity index is 1.46. The minimum absolute atomic E-state index is 0.0197. The van der Waals surface area contributed by atoms with Crippen LogP contribution in [0, 0.1) is 6.92 Å². The first kappa shape index (κ1) is 31.3. The number of esters is 1. The molecule has 0 amide bonds. The van der Waals surface area contributed by atoms with Gasteiger partial charge in [0.15, 0.2) is 6.10 Å². The van der Waals surface area contributed by atoms with Crippen LogP contribution in [0.3, 0.4) is 0 Å². The molecule has 0 heterocycles. The quantitative estimate of drug-likeness (QED) is 0.116. The van der Waals surface area contributed by atoms with Crippen molar-refractivity contribution in [3.63, 3.8) is 0 Å². The van der Waals surface area contributed by atoms with E-state index >= 15 is 0 Å². The second-order valence-corrected chi connectivity index (χ2v) is 10.9. The summed E-state index contributed by atoms with van der Waals surface area (Å²) in [4.78, 5) is 26.1. The molecular formula is C34H46O6. The number of aromatic hydroxyl groups is 2. The van der Waals surface area contributed by atoms with Crippen molar-refractivity contribution in [1.82, 2.24) is 0 Å². The number of hydrogen-bond acceptors (Lipinski definition) is 6. The minimum atomic E-state index is -0.926. The molecule has 6 nitrogen and oxygen atoms in total. The number of phenolic OH excluding ortho intramolecular Hbond substituents is 2. The van der Waals surface area contributed by atoms with Crippen LogP contribution in [-0.2, 0) is 9.53 Å². The van der Waals surface area contributed by atoms with Crippen LogP contribution in [-0.4, -0.2) is 29.1 Å². The number of phenols is 2. The molecule has 1 aliphatic carbocycles. The van der Waals surface area contributed by atoms with E-state index < -0.39 is 11.9 Å². The van der Waals surface area contributed by atoms with E-state index in [2.05, 4.69) is 19.1 Å². The van der Waals surface area contributed by atoms with Crippen LogP contribution in [0.2, 0.25) is 0 Å². The Bertz CT molecular complexity index is 1170. The number of rotatable bonds is 17. The molecule has 6 heteroatoms. The third-order valence-corrected chi connectivity index (χ3v) is 7.56. The van der Waals surface area contributed by atoms with Crippen molar-refractivity contribution >= 4 is 11.8 Å². The molecule has 2 aromatic rings. The fourth-order valence-electron chi connectivity index (χ4n) is 5.39. The molecule has 0 bridgehead atoms. The molecular weight excluding hydrogens is 504 g/mol. The summed E-state index contributed by atoms with van der Waals surface area (Å²) >= 11 is 0. The number of fused-ring (bicyclic) bond motifs is 2. The fraction of sp³-hybridized carbons (Fsp3) is 0.529. The van der Waals surface area contributed by atoms with E-state index in [1.807, 2.05) is 0 Å². The van der Waals surface area contributed by atoms with Crippen molar-refractivity contribution in [3.05, 3.63) is 64.2 Å². The lowest BCUT2D eigenvalue weighted by molar-refractivity contribution is -0.147. The number of aryl methyl sites for hydroxylation is 1. The second kappa shape index (κ2) is 16.1. The monoisotopic (exact) mass is 550 g/mol. The summed E-state index contributed by atoms with van der Waals surface area (Å²) in [6.45, 7) is 4.05. The predicted molar refractivity (Wildman–Crippen MR) is 158 cm³/mol. The van der Waals surface area contributed by atoms with Gasteiger partial charge in [-0.3, -0.25) is 9.59 Å². The van der Waals surface area contributed by atoms with Gasteiger partial charge in [-0.15, -0.1) is 0 Å². The Morgan fingerprint density at radius 1 is 0.800 bits per heavy atom. The molecule has 40 heavy (non-hydrogen) atoms. The Kier molecular flexibility index (Phi) is 12.6. The maximum absolute atomic E-state index is 13.2. The first-order chi connectivity index (χ1) is 19.4. The van der Waals surface area contributed by atoms with Gasteiger partial charge in [0.25, 0.3) is 0 Å². The molecule has 2 N–H and O–H groups in total. The van der Waals surface area contributed by atoms with E-state index in [0.717, 1.165) is 44.1 Å². The summed E-state index contributed by atoms with van der Waals surface area (Å²) in [6, 6.07) is 6.19. The Morgan fingerprint density at radius 2 is 1.35 bits per heavy atom. The number of hydrogen-bond donors (Lipinski definition) is 2. The van der Waals surface area contributed by atoms with Gasteiger partial charge in [0.05, 0.1) is 18.2 Å². The van der Waals surface area contributed by atoms with Crippen molar-refractivity contribution in [2.45, 2.75) is 110 Å². The highest BCUT2D eigenvalue weighted by Gasteiger charge is 2.38. The molecule has 0 spiro atoms. The lowest BCUT2D eigenvalue weighted by Crippen LogP contribution is -2.24. The highest BCUT2D eigenvalue weighted by atomic mass is 16.5. The van der Waals surface area contributed by atoms with Gasteiger partial charge in [-0.1, -0.05) is 76.5 Å². The third kappa shape index (κ3) is 8.61. The molecule has 0 aliphatic heterocycles. The average Bonchev–Trinajstić information content (AvgIpc) is 2.92. The number of methoxy groups -OCH3 is 1. The number of unbranched alkanes of at least 4 members (excludes halogenated alkanes) is 11. The fourth-order valence-corrected chi connectivity index (χ4v) is 5.39. The van der Waals surface area contributed by atoms with Gasteiger partial charge in [0.2, 0.25) is 5.78 Å². The topological polar surface area (TPSA) is 93.1 Å². The lowest BCUT2D eigenvalue weighted by atomic mass is 9.81. The Labute approximate surface area is 239 Å². The molecule has 218 valence electrons. The third-order valence-electron chi connectivity index (χ3n) is 7.56. The first-order valence-corrected chi connectivity index (χ1v) is 15.0. The molecule has 1 atom stereocenters. The van der Waals surface area contributed by atoms with E-state index in [0.29, 0.717) is 16.9 Å². The molecule has 1 aliphatic rings. The molecule has 0 saturated carbocycles. The highest BCUT2D eigenvalue weighted by molar-refractivity contribution is 6.16. The summed E-state index contributed by atoms with van der Waals surface area (Å²) in [5, 5.41) is 21.1. The first-order valence-electron chi connectivity index (χ1n) is 15.0. The summed E-state index contributed by atoms with van der Waals surface area (Å²) in [6.07, 6.45) is 19.3. The Hall–Kier alpha value is -3.28. The molecule has 0 aromatic heterocycles. The van der Waals surface area contributed by atoms with E-state index in [1.165, 1.54) is 64.2 Å². The summed E-state index contributed by atoms with van der Waals surface area (Å²) in [5.41, 5.74) is 1.58. The highest BCUT2D eigenvalue weighted by Crippen LogP contribution is 2.45. The van der Waals surface area contributed by atoms with Crippen LogP contribution in [0.1, 0.15) is 136 Å². The molecule has 0 radical (unpaired) electrons. The second-order valence-electron chi connectivity index (χ2n) is 10.9. The maximum Gasteiger partial charge on any atom is 0.306 e. The number of allylic oxidation sites excluding steroid dienone is 2. The lowest BCUT2D eigenvalue weighted by Gasteiger charge is -2.29. The number of carbonyl (C=O) groups excluding carboxylic acids is 2. The van der Waals surface area contributed by atoms with Crippen molar-refractivity contribution in [2.24, 2.45) is 0 Å². The molecule has 3 rings (SSSR count). The summed E-state index contributed by atoms with van der Waals surface area (Å²) in [5.74, 6) is -1.01. The zero-order valence-electron chi connectivity index (χ0n) is 24.5. The van der Waals surface area contributed by atoms with Crippen LogP contribution < -0.4 is 4.74 Å². The molecule has 0 saturated heterocycles. The van der Waals surface area contributed by atoms with E-state index in [4.69, 9.17) is 9.47 Å². The SMILES string of the molecule is CCCCCCCC/C=C/CCCCCCCC(=O)O[C@H]1c2cc(C)cc(O)c2C(=O)c2c(O)cc(OC)cc21. The van der Waals surface area contributed by atoms with Gasteiger partial charge in [-0.25, -0.2) is 0 Å². The van der Waals surface area contributed by atoms with E-state index in [1.54, 1.807) is 19.1 Å². The Morgan fingerprint density at radius 3 is 1.98 bits per heavy atom. The smallest absolute Gasteiger partial charge is 0.306 e. The largest absolute Gasteiger partial charge is 0.507 e. The van der Waals surface area contributed by atoms with Crippen molar-refractivity contribution in [2.75, 3.05) is 7.11 Å². The van der Waals surface area contributed by atoms with Gasteiger partial charge in [-0.05, 0) is 56.7 Å². The van der Waals surface area contributed by atoms with Crippen LogP contribution in [0.15, 0.2) is 36.4 Å². The zero-order chi connectivity index (χ0) is 28.9. The van der Waals surface area contributed by atoms with Gasteiger partial charge in [0, 0.05) is 23.6 Å². The normalized spacial score (nSPS) is 14.3. The van der Waals surface area contributed by atoms with E-state index in [-0.39, 0.29) is 35.0 Å².